The van der Waals surface area contributed by atoms with Crippen LogP contribution in [-0.4, -0.2) is 35.0 Å². The standard InChI is InChI=1S/C18H28N2O2/c1-4-6-15(7-5-2)18(21)20-11-10-16(13-20)22-17-9-8-14(3)12-19-17/h8-9,12,15-16H,4-7,10-11,13H2,1-3H3. The quantitative estimate of drug-likeness (QED) is 0.773. The normalized spacial score (nSPS) is 18.0. The molecule has 0 bridgehead atoms. The first-order valence-electron chi connectivity index (χ1n) is 8.52. The van der Waals surface area contributed by atoms with Gasteiger partial charge in [-0.25, -0.2) is 4.98 Å². The fraction of sp³-hybridized carbons (Fsp3) is 0.667. The molecule has 0 aliphatic carbocycles. The van der Waals surface area contributed by atoms with Gasteiger partial charge in [0.15, 0.2) is 0 Å². The van der Waals surface area contributed by atoms with Crippen LogP contribution >= 0.6 is 0 Å². The Hall–Kier alpha value is -1.58. The zero-order chi connectivity index (χ0) is 15.9. The number of ether oxygens (including phenoxy) is 1. The number of pyridine rings is 1. The molecule has 1 amide bonds. The number of carbonyl (C=O) groups is 1. The smallest absolute Gasteiger partial charge is 0.225 e. The van der Waals surface area contributed by atoms with Crippen LogP contribution in [0, 0.1) is 12.8 Å². The van der Waals surface area contributed by atoms with Gasteiger partial charge in [0.05, 0.1) is 6.54 Å². The van der Waals surface area contributed by atoms with Crippen molar-refractivity contribution in [1.29, 1.82) is 0 Å². The second-order valence-corrected chi connectivity index (χ2v) is 6.26. The summed E-state index contributed by atoms with van der Waals surface area (Å²) in [5, 5.41) is 0. The van der Waals surface area contributed by atoms with E-state index in [9.17, 15) is 4.79 Å². The number of carbonyl (C=O) groups excluding carboxylic acids is 1. The van der Waals surface area contributed by atoms with Crippen molar-refractivity contribution >= 4 is 5.91 Å². The minimum atomic E-state index is 0.0723. The molecule has 1 aliphatic rings. The van der Waals surface area contributed by atoms with Gasteiger partial charge in [-0.1, -0.05) is 32.8 Å². The Morgan fingerprint density at radius 1 is 1.36 bits per heavy atom. The van der Waals surface area contributed by atoms with E-state index in [1.54, 1.807) is 0 Å². The SMILES string of the molecule is CCCC(CCC)C(=O)N1CCC(Oc2ccc(C)cn2)C1. The first kappa shape index (κ1) is 16.8. The van der Waals surface area contributed by atoms with Crippen molar-refractivity contribution in [1.82, 2.24) is 9.88 Å². The zero-order valence-electron chi connectivity index (χ0n) is 14.0. The molecular weight excluding hydrogens is 276 g/mol. The molecule has 2 heterocycles. The molecule has 4 nitrogen and oxygen atoms in total. The third-order valence-corrected chi connectivity index (χ3v) is 4.25. The monoisotopic (exact) mass is 304 g/mol. The zero-order valence-corrected chi connectivity index (χ0v) is 14.0. The fourth-order valence-corrected chi connectivity index (χ4v) is 3.07. The molecule has 0 N–H and O–H groups in total. The summed E-state index contributed by atoms with van der Waals surface area (Å²) in [7, 11) is 0. The molecule has 1 aliphatic heterocycles. The maximum absolute atomic E-state index is 12.6. The number of hydrogen-bond donors (Lipinski definition) is 0. The van der Waals surface area contributed by atoms with Gasteiger partial charge in [0.1, 0.15) is 6.10 Å². The van der Waals surface area contributed by atoms with Gasteiger partial charge in [0, 0.05) is 31.1 Å². The van der Waals surface area contributed by atoms with Gasteiger partial charge < -0.3 is 9.64 Å². The summed E-state index contributed by atoms with van der Waals surface area (Å²) in [5.74, 6) is 1.15. The van der Waals surface area contributed by atoms with Gasteiger partial charge in [0.25, 0.3) is 0 Å². The fourth-order valence-electron chi connectivity index (χ4n) is 3.07. The molecule has 4 heteroatoms. The van der Waals surface area contributed by atoms with Gasteiger partial charge in [-0.2, -0.15) is 0 Å². The summed E-state index contributed by atoms with van der Waals surface area (Å²) in [4.78, 5) is 18.9. The maximum Gasteiger partial charge on any atom is 0.225 e. The summed E-state index contributed by atoms with van der Waals surface area (Å²) < 4.78 is 5.91. The second-order valence-electron chi connectivity index (χ2n) is 6.26. The summed E-state index contributed by atoms with van der Waals surface area (Å²) >= 11 is 0. The highest BCUT2D eigenvalue weighted by Gasteiger charge is 2.31. The number of hydrogen-bond acceptors (Lipinski definition) is 3. The average molecular weight is 304 g/mol. The van der Waals surface area contributed by atoms with Crippen LogP contribution in [0.5, 0.6) is 5.88 Å². The van der Waals surface area contributed by atoms with Crippen molar-refractivity contribution in [2.75, 3.05) is 13.1 Å². The van der Waals surface area contributed by atoms with Crippen LogP contribution in [-0.2, 0) is 4.79 Å². The highest BCUT2D eigenvalue weighted by atomic mass is 16.5. The number of aromatic nitrogens is 1. The highest BCUT2D eigenvalue weighted by molar-refractivity contribution is 5.79. The van der Waals surface area contributed by atoms with E-state index in [1.165, 1.54) is 0 Å². The van der Waals surface area contributed by atoms with E-state index in [2.05, 4.69) is 18.8 Å². The Kier molecular flexibility index (Phi) is 6.22. The molecule has 0 aromatic carbocycles. The predicted octanol–water partition coefficient (Wildman–Crippen LogP) is 3.59. The van der Waals surface area contributed by atoms with Crippen molar-refractivity contribution in [3.05, 3.63) is 23.9 Å². The lowest BCUT2D eigenvalue weighted by Gasteiger charge is -2.23. The Labute approximate surface area is 133 Å². The van der Waals surface area contributed by atoms with E-state index in [0.29, 0.717) is 18.3 Å². The number of rotatable bonds is 7. The molecular formula is C18H28N2O2. The van der Waals surface area contributed by atoms with E-state index in [4.69, 9.17) is 4.74 Å². The topological polar surface area (TPSA) is 42.4 Å². The molecule has 1 aromatic rings. The van der Waals surface area contributed by atoms with E-state index in [0.717, 1.165) is 44.2 Å². The van der Waals surface area contributed by atoms with Gasteiger partial charge in [0.2, 0.25) is 11.8 Å². The number of aryl methyl sites for hydroxylation is 1. The minimum absolute atomic E-state index is 0.0723. The van der Waals surface area contributed by atoms with Crippen LogP contribution in [0.2, 0.25) is 0 Å². The van der Waals surface area contributed by atoms with Gasteiger partial charge in [-0.3, -0.25) is 4.79 Å². The van der Waals surface area contributed by atoms with Crippen LogP contribution in [0.25, 0.3) is 0 Å². The molecule has 1 atom stereocenters. The Balaban J connectivity index is 1.88. The lowest BCUT2D eigenvalue weighted by atomic mass is 9.97. The molecule has 1 unspecified atom stereocenters. The molecule has 0 radical (unpaired) electrons. The first-order chi connectivity index (χ1) is 10.6. The largest absolute Gasteiger partial charge is 0.472 e. The molecule has 1 saturated heterocycles. The summed E-state index contributed by atoms with van der Waals surface area (Å²) in [6.45, 7) is 7.80. The van der Waals surface area contributed by atoms with Crippen molar-refractivity contribution in [2.45, 2.75) is 59.0 Å². The van der Waals surface area contributed by atoms with Crippen molar-refractivity contribution in [3.63, 3.8) is 0 Å². The third-order valence-electron chi connectivity index (χ3n) is 4.25. The van der Waals surface area contributed by atoms with Gasteiger partial charge in [-0.15, -0.1) is 0 Å². The number of nitrogens with zero attached hydrogens (tertiary/aromatic N) is 2. The van der Waals surface area contributed by atoms with Crippen LogP contribution in [0.1, 0.15) is 51.5 Å². The van der Waals surface area contributed by atoms with Crippen molar-refractivity contribution in [2.24, 2.45) is 5.92 Å². The molecule has 122 valence electrons. The molecule has 0 saturated carbocycles. The first-order valence-corrected chi connectivity index (χ1v) is 8.52. The van der Waals surface area contributed by atoms with Crippen LogP contribution in [0.3, 0.4) is 0 Å². The van der Waals surface area contributed by atoms with Crippen molar-refractivity contribution in [3.8, 4) is 5.88 Å². The highest BCUT2D eigenvalue weighted by Crippen LogP contribution is 2.22. The maximum atomic E-state index is 12.6. The van der Waals surface area contributed by atoms with E-state index in [-0.39, 0.29) is 12.0 Å². The van der Waals surface area contributed by atoms with Gasteiger partial charge in [-0.05, 0) is 25.3 Å². The summed E-state index contributed by atoms with van der Waals surface area (Å²) in [6, 6.07) is 3.90. The van der Waals surface area contributed by atoms with E-state index >= 15 is 0 Å². The molecule has 0 spiro atoms. The second kappa shape index (κ2) is 8.16. The minimum Gasteiger partial charge on any atom is -0.472 e. The Morgan fingerprint density at radius 2 is 2.09 bits per heavy atom. The van der Waals surface area contributed by atoms with Crippen molar-refractivity contribution < 1.29 is 9.53 Å². The van der Waals surface area contributed by atoms with Crippen LogP contribution < -0.4 is 4.74 Å². The lowest BCUT2D eigenvalue weighted by Crippen LogP contribution is -2.35. The molecule has 22 heavy (non-hydrogen) atoms. The molecule has 2 rings (SSSR count). The average Bonchev–Trinajstić information content (AvgIpc) is 2.97. The predicted molar refractivity (Wildman–Crippen MR) is 87.9 cm³/mol. The Morgan fingerprint density at radius 3 is 2.68 bits per heavy atom. The third kappa shape index (κ3) is 4.46. The number of likely N-dealkylation sites (tertiary alicyclic amines) is 1. The van der Waals surface area contributed by atoms with E-state index in [1.807, 2.05) is 30.2 Å². The van der Waals surface area contributed by atoms with E-state index < -0.39 is 0 Å². The van der Waals surface area contributed by atoms with Crippen LogP contribution in [0.4, 0.5) is 0 Å². The van der Waals surface area contributed by atoms with Gasteiger partial charge >= 0.3 is 0 Å². The Bertz CT molecular complexity index is 466. The number of amides is 1. The summed E-state index contributed by atoms with van der Waals surface area (Å²) in [5.41, 5.74) is 1.12. The summed E-state index contributed by atoms with van der Waals surface area (Å²) in [6.07, 6.45) is 6.90. The van der Waals surface area contributed by atoms with Crippen LogP contribution in [0.15, 0.2) is 18.3 Å². The lowest BCUT2D eigenvalue weighted by molar-refractivity contribution is -0.135. The molecule has 1 aromatic heterocycles. The molecule has 1 fully saturated rings.